The van der Waals surface area contributed by atoms with Gasteiger partial charge in [-0.3, -0.25) is 20.2 Å². The molecule has 1 aromatic carbocycles. The standard InChI is InChI=1S/C9H5FN4O3S/c10-6-3-5(1-2-7(6)14(16)17)8(15)12-9-13-11-4-18-9/h1-4H,(H,12,13,15). The predicted octanol–water partition coefficient (Wildman–Crippen LogP) is 1.84. The number of carbonyl (C=O) groups excluding carboxylic acids is 1. The van der Waals surface area contributed by atoms with Crippen molar-refractivity contribution < 1.29 is 14.1 Å². The Kier molecular flexibility index (Phi) is 3.24. The number of nitro groups is 1. The maximum Gasteiger partial charge on any atom is 0.304 e. The van der Waals surface area contributed by atoms with Gasteiger partial charge < -0.3 is 0 Å². The van der Waals surface area contributed by atoms with E-state index in [1.165, 1.54) is 5.51 Å². The van der Waals surface area contributed by atoms with Gasteiger partial charge in [0.1, 0.15) is 5.51 Å². The monoisotopic (exact) mass is 268 g/mol. The zero-order valence-corrected chi connectivity index (χ0v) is 9.48. The van der Waals surface area contributed by atoms with E-state index >= 15 is 0 Å². The number of rotatable bonds is 3. The Labute approximate surface area is 103 Å². The molecule has 92 valence electrons. The number of benzene rings is 1. The SMILES string of the molecule is O=C(Nc1nncs1)c1ccc([N+](=O)[O-])c(F)c1. The van der Waals surface area contributed by atoms with Gasteiger partial charge in [-0.2, -0.15) is 4.39 Å². The molecule has 1 aromatic heterocycles. The fourth-order valence-corrected chi connectivity index (χ4v) is 1.63. The highest BCUT2D eigenvalue weighted by Crippen LogP contribution is 2.19. The lowest BCUT2D eigenvalue weighted by Crippen LogP contribution is -2.12. The number of halogens is 1. The van der Waals surface area contributed by atoms with E-state index in [-0.39, 0.29) is 10.7 Å². The summed E-state index contributed by atoms with van der Waals surface area (Å²) in [6.45, 7) is 0. The molecule has 7 nitrogen and oxygen atoms in total. The smallest absolute Gasteiger partial charge is 0.296 e. The maximum absolute atomic E-state index is 13.3. The van der Waals surface area contributed by atoms with E-state index in [2.05, 4.69) is 15.5 Å². The zero-order valence-electron chi connectivity index (χ0n) is 8.66. The minimum atomic E-state index is -1.06. The van der Waals surface area contributed by atoms with Gasteiger partial charge in [0, 0.05) is 11.6 Å². The van der Waals surface area contributed by atoms with Crippen molar-refractivity contribution >= 4 is 28.1 Å². The Morgan fingerprint density at radius 3 is 2.83 bits per heavy atom. The summed E-state index contributed by atoms with van der Waals surface area (Å²) in [6, 6.07) is 2.90. The molecule has 18 heavy (non-hydrogen) atoms. The average molecular weight is 268 g/mol. The number of nitro benzene ring substituents is 1. The Morgan fingerprint density at radius 2 is 2.28 bits per heavy atom. The second-order valence-electron chi connectivity index (χ2n) is 3.12. The summed E-state index contributed by atoms with van der Waals surface area (Å²) < 4.78 is 13.3. The molecule has 2 rings (SSSR count). The molecule has 0 fully saturated rings. The van der Waals surface area contributed by atoms with E-state index < -0.39 is 22.3 Å². The fraction of sp³-hybridized carbons (Fsp3) is 0. The topological polar surface area (TPSA) is 98.0 Å². The number of nitrogens with one attached hydrogen (secondary N) is 1. The maximum atomic E-state index is 13.3. The third-order valence-electron chi connectivity index (χ3n) is 1.99. The third kappa shape index (κ3) is 2.46. The summed E-state index contributed by atoms with van der Waals surface area (Å²) in [7, 11) is 0. The number of hydrogen-bond acceptors (Lipinski definition) is 6. The minimum Gasteiger partial charge on any atom is -0.296 e. The molecule has 1 heterocycles. The van der Waals surface area contributed by atoms with Crippen molar-refractivity contribution in [2.24, 2.45) is 0 Å². The predicted molar refractivity (Wildman–Crippen MR) is 60.9 cm³/mol. The van der Waals surface area contributed by atoms with Gasteiger partial charge in [0.05, 0.1) is 4.92 Å². The molecule has 0 atom stereocenters. The van der Waals surface area contributed by atoms with Gasteiger partial charge in [0.25, 0.3) is 5.91 Å². The first-order chi connectivity index (χ1) is 8.58. The Hall–Kier alpha value is -2.42. The van der Waals surface area contributed by atoms with E-state index in [9.17, 15) is 19.3 Å². The average Bonchev–Trinajstić information content (AvgIpc) is 2.81. The third-order valence-corrected chi connectivity index (χ3v) is 2.59. The summed E-state index contributed by atoms with van der Waals surface area (Å²) >= 11 is 1.10. The Balaban J connectivity index is 2.21. The lowest BCUT2D eigenvalue weighted by Gasteiger charge is -2.01. The summed E-state index contributed by atoms with van der Waals surface area (Å²) in [4.78, 5) is 21.2. The first-order valence-corrected chi connectivity index (χ1v) is 5.47. The normalized spacial score (nSPS) is 10.1. The van der Waals surface area contributed by atoms with Crippen LogP contribution in [-0.2, 0) is 0 Å². The minimum absolute atomic E-state index is 0.0340. The van der Waals surface area contributed by atoms with Crippen molar-refractivity contribution in [2.75, 3.05) is 5.32 Å². The highest BCUT2D eigenvalue weighted by molar-refractivity contribution is 7.13. The van der Waals surface area contributed by atoms with Crippen LogP contribution in [0.15, 0.2) is 23.7 Å². The number of nitrogens with zero attached hydrogens (tertiary/aromatic N) is 3. The van der Waals surface area contributed by atoms with Crippen molar-refractivity contribution in [3.63, 3.8) is 0 Å². The molecule has 0 radical (unpaired) electrons. The molecule has 1 amide bonds. The lowest BCUT2D eigenvalue weighted by atomic mass is 10.2. The van der Waals surface area contributed by atoms with E-state index in [1.807, 2.05) is 0 Å². The van der Waals surface area contributed by atoms with E-state index in [4.69, 9.17) is 0 Å². The second kappa shape index (κ2) is 4.84. The molecular formula is C9H5FN4O3S. The zero-order chi connectivity index (χ0) is 13.1. The highest BCUT2D eigenvalue weighted by atomic mass is 32.1. The number of amides is 1. The molecule has 1 N–H and O–H groups in total. The number of hydrogen-bond donors (Lipinski definition) is 1. The van der Waals surface area contributed by atoms with Gasteiger partial charge in [-0.1, -0.05) is 11.3 Å². The first-order valence-electron chi connectivity index (χ1n) is 4.59. The molecule has 0 spiro atoms. The van der Waals surface area contributed by atoms with Crippen LogP contribution in [0.1, 0.15) is 10.4 Å². The summed E-state index contributed by atoms with van der Waals surface area (Å²) in [5.41, 5.74) is 0.710. The largest absolute Gasteiger partial charge is 0.304 e. The number of anilines is 1. The molecule has 0 unspecified atom stereocenters. The van der Waals surface area contributed by atoms with Crippen LogP contribution in [0.4, 0.5) is 15.2 Å². The van der Waals surface area contributed by atoms with Gasteiger partial charge in [0.2, 0.25) is 10.9 Å². The molecule has 9 heteroatoms. The molecule has 0 saturated heterocycles. The summed E-state index contributed by atoms with van der Waals surface area (Å²) in [6.07, 6.45) is 0. The van der Waals surface area contributed by atoms with Gasteiger partial charge in [-0.05, 0) is 12.1 Å². The highest BCUT2D eigenvalue weighted by Gasteiger charge is 2.17. The van der Waals surface area contributed by atoms with Gasteiger partial charge in [0.15, 0.2) is 0 Å². The van der Waals surface area contributed by atoms with Crippen LogP contribution < -0.4 is 5.32 Å². The van der Waals surface area contributed by atoms with E-state index in [1.54, 1.807) is 0 Å². The van der Waals surface area contributed by atoms with Crippen LogP contribution >= 0.6 is 11.3 Å². The first kappa shape index (κ1) is 12.0. The Bertz CT molecular complexity index is 602. The molecular weight excluding hydrogens is 263 g/mol. The van der Waals surface area contributed by atoms with Crippen LogP contribution in [-0.4, -0.2) is 21.0 Å². The molecule has 2 aromatic rings. The van der Waals surface area contributed by atoms with Crippen molar-refractivity contribution in [3.8, 4) is 0 Å². The van der Waals surface area contributed by atoms with Crippen LogP contribution in [0.5, 0.6) is 0 Å². The number of aromatic nitrogens is 2. The Morgan fingerprint density at radius 1 is 1.50 bits per heavy atom. The molecule has 0 bridgehead atoms. The fourth-order valence-electron chi connectivity index (χ4n) is 1.19. The van der Waals surface area contributed by atoms with Gasteiger partial charge in [-0.25, -0.2) is 0 Å². The van der Waals surface area contributed by atoms with Crippen molar-refractivity contribution in [1.82, 2.24) is 10.2 Å². The van der Waals surface area contributed by atoms with Crippen molar-refractivity contribution in [2.45, 2.75) is 0 Å². The van der Waals surface area contributed by atoms with Gasteiger partial charge >= 0.3 is 5.69 Å². The molecule has 0 saturated carbocycles. The van der Waals surface area contributed by atoms with Crippen molar-refractivity contribution in [3.05, 3.63) is 45.2 Å². The van der Waals surface area contributed by atoms with Crippen molar-refractivity contribution in [1.29, 1.82) is 0 Å². The van der Waals surface area contributed by atoms with Crippen LogP contribution in [0, 0.1) is 15.9 Å². The number of carbonyl (C=O) groups is 1. The second-order valence-corrected chi connectivity index (χ2v) is 3.95. The van der Waals surface area contributed by atoms with Gasteiger partial charge in [-0.15, -0.1) is 10.2 Å². The van der Waals surface area contributed by atoms with Crippen LogP contribution in [0.25, 0.3) is 0 Å². The summed E-state index contributed by atoms with van der Waals surface area (Å²) in [5.74, 6) is -1.68. The lowest BCUT2D eigenvalue weighted by molar-refractivity contribution is -0.387. The van der Waals surface area contributed by atoms with E-state index in [0.29, 0.717) is 0 Å². The van der Waals surface area contributed by atoms with Crippen LogP contribution in [0.2, 0.25) is 0 Å². The molecule has 0 aliphatic rings. The van der Waals surface area contributed by atoms with Crippen LogP contribution in [0.3, 0.4) is 0 Å². The summed E-state index contributed by atoms with van der Waals surface area (Å²) in [5, 5.41) is 20.2. The molecule has 0 aliphatic carbocycles. The molecule has 0 aliphatic heterocycles. The van der Waals surface area contributed by atoms with E-state index in [0.717, 1.165) is 29.5 Å². The quantitative estimate of drug-likeness (QED) is 0.676.